The van der Waals surface area contributed by atoms with Crippen molar-refractivity contribution < 1.29 is 19.1 Å². The minimum Gasteiger partial charge on any atom is -0.482 e. The van der Waals surface area contributed by atoms with Crippen LogP contribution in [0.5, 0.6) is 5.75 Å². The third kappa shape index (κ3) is 3.45. The van der Waals surface area contributed by atoms with Crippen LogP contribution in [0, 0.1) is 11.8 Å². The first kappa shape index (κ1) is 15.9. The molecule has 1 aromatic carbocycles. The average molecular weight is 343 g/mol. The number of amides is 3. The summed E-state index contributed by atoms with van der Waals surface area (Å²) in [4.78, 5) is 37.8. The summed E-state index contributed by atoms with van der Waals surface area (Å²) >= 11 is 0. The smallest absolute Gasteiger partial charge is 0.262 e. The summed E-state index contributed by atoms with van der Waals surface area (Å²) in [7, 11) is 0. The lowest BCUT2D eigenvalue weighted by Gasteiger charge is -2.31. The van der Waals surface area contributed by atoms with E-state index in [4.69, 9.17) is 4.74 Å². The third-order valence-electron chi connectivity index (χ3n) is 4.98. The van der Waals surface area contributed by atoms with Gasteiger partial charge in [0, 0.05) is 30.6 Å². The second-order valence-corrected chi connectivity index (χ2v) is 6.91. The molecule has 3 aliphatic rings. The summed E-state index contributed by atoms with van der Waals surface area (Å²) in [5.41, 5.74) is 1.20. The lowest BCUT2D eigenvalue weighted by Crippen LogP contribution is -2.42. The van der Waals surface area contributed by atoms with Gasteiger partial charge in [0.1, 0.15) is 5.75 Å². The molecular formula is C18H21N3O4. The molecule has 4 rings (SSSR count). The number of fused-ring (bicyclic) bond motifs is 1. The second-order valence-electron chi connectivity index (χ2n) is 6.91. The van der Waals surface area contributed by atoms with E-state index in [-0.39, 0.29) is 36.2 Å². The van der Waals surface area contributed by atoms with Crippen LogP contribution in [-0.4, -0.2) is 42.3 Å². The molecule has 132 valence electrons. The zero-order chi connectivity index (χ0) is 17.4. The SMILES string of the molecule is O=C1COc2ccc(NC(=O)C3CCN(C(=O)C4CC4)CC3)cc2N1. The highest BCUT2D eigenvalue weighted by molar-refractivity contribution is 5.98. The van der Waals surface area contributed by atoms with Gasteiger partial charge in [-0.05, 0) is 43.9 Å². The van der Waals surface area contributed by atoms with Gasteiger partial charge in [0.25, 0.3) is 5.91 Å². The highest BCUT2D eigenvalue weighted by Gasteiger charge is 2.36. The summed E-state index contributed by atoms with van der Waals surface area (Å²) < 4.78 is 5.31. The molecule has 1 saturated carbocycles. The number of anilines is 2. The molecule has 2 heterocycles. The molecule has 3 amide bonds. The van der Waals surface area contributed by atoms with Crippen LogP contribution in [0.4, 0.5) is 11.4 Å². The van der Waals surface area contributed by atoms with Crippen molar-refractivity contribution >= 4 is 29.1 Å². The number of likely N-dealkylation sites (tertiary alicyclic amines) is 1. The Bertz CT molecular complexity index is 721. The lowest BCUT2D eigenvalue weighted by molar-refractivity contribution is -0.135. The topological polar surface area (TPSA) is 87.7 Å². The number of benzene rings is 1. The number of hydrogen-bond donors (Lipinski definition) is 2. The molecule has 0 unspecified atom stereocenters. The zero-order valence-corrected chi connectivity index (χ0v) is 13.9. The second kappa shape index (κ2) is 6.38. The summed E-state index contributed by atoms with van der Waals surface area (Å²) in [6.07, 6.45) is 3.40. The number of nitrogens with zero attached hydrogens (tertiary/aromatic N) is 1. The molecule has 2 aliphatic heterocycles. The molecule has 25 heavy (non-hydrogen) atoms. The van der Waals surface area contributed by atoms with E-state index in [1.54, 1.807) is 18.2 Å². The maximum Gasteiger partial charge on any atom is 0.262 e. The highest BCUT2D eigenvalue weighted by Crippen LogP contribution is 2.33. The molecule has 1 saturated heterocycles. The van der Waals surface area contributed by atoms with Crippen LogP contribution < -0.4 is 15.4 Å². The predicted octanol–water partition coefficient (Wildman–Crippen LogP) is 1.60. The molecular weight excluding hydrogens is 322 g/mol. The fourth-order valence-corrected chi connectivity index (χ4v) is 3.36. The van der Waals surface area contributed by atoms with E-state index in [0.29, 0.717) is 43.1 Å². The number of nitrogens with one attached hydrogen (secondary N) is 2. The van der Waals surface area contributed by atoms with E-state index >= 15 is 0 Å². The monoisotopic (exact) mass is 343 g/mol. The predicted molar refractivity (Wildman–Crippen MR) is 91.2 cm³/mol. The van der Waals surface area contributed by atoms with Crippen LogP contribution in [0.1, 0.15) is 25.7 Å². The van der Waals surface area contributed by atoms with Crippen LogP contribution in [0.15, 0.2) is 18.2 Å². The average Bonchev–Trinajstić information content (AvgIpc) is 3.46. The Morgan fingerprint density at radius 2 is 1.88 bits per heavy atom. The molecule has 7 nitrogen and oxygen atoms in total. The normalized spacial score (nSPS) is 20.3. The van der Waals surface area contributed by atoms with Gasteiger partial charge in [-0.25, -0.2) is 0 Å². The molecule has 0 atom stereocenters. The fraction of sp³-hybridized carbons (Fsp3) is 0.500. The lowest BCUT2D eigenvalue weighted by atomic mass is 9.95. The quantitative estimate of drug-likeness (QED) is 0.873. The van der Waals surface area contributed by atoms with E-state index in [0.717, 1.165) is 12.8 Å². The molecule has 0 bridgehead atoms. The first-order valence-corrected chi connectivity index (χ1v) is 8.76. The van der Waals surface area contributed by atoms with Gasteiger partial charge in [-0.1, -0.05) is 0 Å². The Morgan fingerprint density at radius 1 is 1.12 bits per heavy atom. The van der Waals surface area contributed by atoms with Crippen LogP contribution >= 0.6 is 0 Å². The number of carbonyl (C=O) groups is 3. The van der Waals surface area contributed by atoms with Gasteiger partial charge < -0.3 is 20.3 Å². The molecule has 2 fully saturated rings. The Labute approximate surface area is 145 Å². The maximum atomic E-state index is 12.5. The van der Waals surface area contributed by atoms with Gasteiger partial charge in [-0.15, -0.1) is 0 Å². The number of hydrogen-bond acceptors (Lipinski definition) is 4. The third-order valence-corrected chi connectivity index (χ3v) is 4.98. The van der Waals surface area contributed by atoms with Crippen molar-refractivity contribution in [1.82, 2.24) is 4.90 Å². The zero-order valence-electron chi connectivity index (χ0n) is 13.9. The Hall–Kier alpha value is -2.57. The Balaban J connectivity index is 1.34. The van der Waals surface area contributed by atoms with Crippen LogP contribution in [0.2, 0.25) is 0 Å². The molecule has 1 aliphatic carbocycles. The van der Waals surface area contributed by atoms with Crippen molar-refractivity contribution in [2.24, 2.45) is 11.8 Å². The summed E-state index contributed by atoms with van der Waals surface area (Å²) in [5, 5.41) is 5.63. The molecule has 7 heteroatoms. The van der Waals surface area contributed by atoms with Crippen molar-refractivity contribution in [3.05, 3.63) is 18.2 Å². The Morgan fingerprint density at radius 3 is 2.60 bits per heavy atom. The molecule has 0 aromatic heterocycles. The van der Waals surface area contributed by atoms with Gasteiger partial charge in [-0.2, -0.15) is 0 Å². The van der Waals surface area contributed by atoms with Crippen LogP contribution in [-0.2, 0) is 14.4 Å². The van der Waals surface area contributed by atoms with E-state index in [1.165, 1.54) is 0 Å². The largest absolute Gasteiger partial charge is 0.482 e. The first-order chi connectivity index (χ1) is 12.1. The van der Waals surface area contributed by atoms with Crippen LogP contribution in [0.25, 0.3) is 0 Å². The number of ether oxygens (including phenoxy) is 1. The van der Waals surface area contributed by atoms with Crippen molar-refractivity contribution in [3.8, 4) is 5.75 Å². The minimum atomic E-state index is -0.205. The molecule has 2 N–H and O–H groups in total. The molecule has 0 spiro atoms. The first-order valence-electron chi connectivity index (χ1n) is 8.76. The van der Waals surface area contributed by atoms with Crippen molar-refractivity contribution in [2.75, 3.05) is 30.3 Å². The molecule has 1 aromatic rings. The number of piperidine rings is 1. The summed E-state index contributed by atoms with van der Waals surface area (Å²) in [6, 6.07) is 5.21. The summed E-state index contributed by atoms with van der Waals surface area (Å²) in [5.74, 6) is 0.752. The van der Waals surface area contributed by atoms with Gasteiger partial charge >= 0.3 is 0 Å². The standard InChI is InChI=1S/C18H21N3O4/c22-16-10-25-15-4-3-13(9-14(15)20-16)19-17(23)11-5-7-21(8-6-11)18(24)12-1-2-12/h3-4,9,11-12H,1-2,5-8,10H2,(H,19,23)(H,20,22). The molecule has 0 radical (unpaired) electrons. The van der Waals surface area contributed by atoms with E-state index in [1.807, 2.05) is 4.90 Å². The fourth-order valence-electron chi connectivity index (χ4n) is 3.36. The van der Waals surface area contributed by atoms with Crippen molar-refractivity contribution in [1.29, 1.82) is 0 Å². The van der Waals surface area contributed by atoms with Gasteiger partial charge in [0.05, 0.1) is 5.69 Å². The highest BCUT2D eigenvalue weighted by atomic mass is 16.5. The van der Waals surface area contributed by atoms with Gasteiger partial charge in [-0.3, -0.25) is 14.4 Å². The van der Waals surface area contributed by atoms with E-state index < -0.39 is 0 Å². The summed E-state index contributed by atoms with van der Waals surface area (Å²) in [6.45, 7) is 1.32. The van der Waals surface area contributed by atoms with Gasteiger partial charge in [0.15, 0.2) is 6.61 Å². The minimum absolute atomic E-state index is 0.0108. The van der Waals surface area contributed by atoms with Crippen LogP contribution in [0.3, 0.4) is 0 Å². The number of rotatable bonds is 3. The Kier molecular flexibility index (Phi) is 4.07. The van der Waals surface area contributed by atoms with E-state index in [9.17, 15) is 14.4 Å². The number of carbonyl (C=O) groups excluding carboxylic acids is 3. The van der Waals surface area contributed by atoms with E-state index in [2.05, 4.69) is 10.6 Å². The van der Waals surface area contributed by atoms with Crippen molar-refractivity contribution in [3.63, 3.8) is 0 Å². The maximum absolute atomic E-state index is 12.5. The van der Waals surface area contributed by atoms with Crippen molar-refractivity contribution in [2.45, 2.75) is 25.7 Å². The van der Waals surface area contributed by atoms with Gasteiger partial charge in [0.2, 0.25) is 11.8 Å².